The molecule has 0 radical (unpaired) electrons. The SMILES string of the molecule is CCOc1ccc(CC2CCC(=O)N2)cc1. The summed E-state index contributed by atoms with van der Waals surface area (Å²) in [4.78, 5) is 11.1. The molecule has 16 heavy (non-hydrogen) atoms. The van der Waals surface area contributed by atoms with Crippen molar-refractivity contribution in [2.45, 2.75) is 32.2 Å². The van der Waals surface area contributed by atoms with Crippen LogP contribution < -0.4 is 10.1 Å². The number of hydrogen-bond donors (Lipinski definition) is 1. The van der Waals surface area contributed by atoms with E-state index in [4.69, 9.17) is 4.74 Å². The molecule has 0 aromatic heterocycles. The summed E-state index contributed by atoms with van der Waals surface area (Å²) >= 11 is 0. The molecule has 3 heteroatoms. The van der Waals surface area contributed by atoms with Crippen LogP contribution in [0.25, 0.3) is 0 Å². The lowest BCUT2D eigenvalue weighted by Gasteiger charge is -2.10. The largest absolute Gasteiger partial charge is 0.494 e. The fourth-order valence-electron chi connectivity index (χ4n) is 2.00. The van der Waals surface area contributed by atoms with Gasteiger partial charge in [-0.1, -0.05) is 12.1 Å². The van der Waals surface area contributed by atoms with Gasteiger partial charge in [0.1, 0.15) is 5.75 Å². The fourth-order valence-corrected chi connectivity index (χ4v) is 2.00. The van der Waals surface area contributed by atoms with Gasteiger partial charge >= 0.3 is 0 Å². The van der Waals surface area contributed by atoms with Crippen molar-refractivity contribution in [2.24, 2.45) is 0 Å². The van der Waals surface area contributed by atoms with E-state index in [1.807, 2.05) is 19.1 Å². The smallest absolute Gasteiger partial charge is 0.220 e. The molecule has 1 saturated heterocycles. The second-order valence-electron chi connectivity index (χ2n) is 4.08. The lowest BCUT2D eigenvalue weighted by molar-refractivity contribution is -0.119. The Kier molecular flexibility index (Phi) is 3.44. The van der Waals surface area contributed by atoms with Crippen LogP contribution in [-0.4, -0.2) is 18.6 Å². The molecular formula is C13H17NO2. The predicted octanol–water partition coefficient (Wildman–Crippen LogP) is 1.91. The molecule has 0 spiro atoms. The Morgan fingerprint density at radius 2 is 2.12 bits per heavy atom. The maximum Gasteiger partial charge on any atom is 0.220 e. The molecule has 1 amide bonds. The van der Waals surface area contributed by atoms with Crippen LogP contribution in [0.2, 0.25) is 0 Å². The Labute approximate surface area is 95.8 Å². The third-order valence-corrected chi connectivity index (χ3v) is 2.80. The van der Waals surface area contributed by atoms with Gasteiger partial charge in [-0.15, -0.1) is 0 Å². The summed E-state index contributed by atoms with van der Waals surface area (Å²) < 4.78 is 5.38. The van der Waals surface area contributed by atoms with E-state index in [1.54, 1.807) is 0 Å². The summed E-state index contributed by atoms with van der Waals surface area (Å²) in [7, 11) is 0. The Morgan fingerprint density at radius 3 is 2.69 bits per heavy atom. The van der Waals surface area contributed by atoms with Gasteiger partial charge in [0, 0.05) is 12.5 Å². The van der Waals surface area contributed by atoms with Gasteiger partial charge in [0.2, 0.25) is 5.91 Å². The molecule has 1 aliphatic heterocycles. The molecule has 1 unspecified atom stereocenters. The third kappa shape index (κ3) is 2.75. The van der Waals surface area contributed by atoms with E-state index in [0.29, 0.717) is 19.1 Å². The van der Waals surface area contributed by atoms with Gasteiger partial charge < -0.3 is 10.1 Å². The molecular weight excluding hydrogens is 202 g/mol. The standard InChI is InChI=1S/C13H17NO2/c1-2-16-12-6-3-10(4-7-12)9-11-5-8-13(15)14-11/h3-4,6-7,11H,2,5,8-9H2,1H3,(H,14,15). The zero-order chi connectivity index (χ0) is 11.4. The second kappa shape index (κ2) is 5.01. The van der Waals surface area contributed by atoms with Crippen LogP contribution in [0.4, 0.5) is 0 Å². The number of hydrogen-bond acceptors (Lipinski definition) is 2. The van der Waals surface area contributed by atoms with Crippen molar-refractivity contribution in [2.75, 3.05) is 6.61 Å². The van der Waals surface area contributed by atoms with Crippen LogP contribution in [0.3, 0.4) is 0 Å². The highest BCUT2D eigenvalue weighted by Crippen LogP contribution is 2.16. The highest BCUT2D eigenvalue weighted by atomic mass is 16.5. The van der Waals surface area contributed by atoms with Crippen LogP contribution in [0.1, 0.15) is 25.3 Å². The molecule has 3 nitrogen and oxygen atoms in total. The van der Waals surface area contributed by atoms with Crippen LogP contribution in [0, 0.1) is 0 Å². The van der Waals surface area contributed by atoms with Crippen LogP contribution in [0.5, 0.6) is 5.75 Å². The van der Waals surface area contributed by atoms with Gasteiger partial charge in [-0.05, 0) is 37.5 Å². The highest BCUT2D eigenvalue weighted by Gasteiger charge is 2.20. The Morgan fingerprint density at radius 1 is 1.38 bits per heavy atom. The number of nitrogens with one attached hydrogen (secondary N) is 1. The Balaban J connectivity index is 1.92. The molecule has 1 aromatic carbocycles. The van der Waals surface area contributed by atoms with E-state index in [2.05, 4.69) is 17.4 Å². The summed E-state index contributed by atoms with van der Waals surface area (Å²) in [5, 5.41) is 2.97. The first-order chi connectivity index (χ1) is 7.78. The van der Waals surface area contributed by atoms with Crippen molar-refractivity contribution in [3.8, 4) is 5.75 Å². The van der Waals surface area contributed by atoms with E-state index >= 15 is 0 Å². The van der Waals surface area contributed by atoms with E-state index in [9.17, 15) is 4.79 Å². The van der Waals surface area contributed by atoms with Crippen LogP contribution in [-0.2, 0) is 11.2 Å². The van der Waals surface area contributed by atoms with E-state index in [0.717, 1.165) is 18.6 Å². The lowest BCUT2D eigenvalue weighted by Crippen LogP contribution is -2.27. The number of rotatable bonds is 4. The number of amides is 1. The predicted molar refractivity (Wildman–Crippen MR) is 62.5 cm³/mol. The minimum atomic E-state index is 0.177. The number of carbonyl (C=O) groups is 1. The summed E-state index contributed by atoms with van der Waals surface area (Å²) in [6, 6.07) is 8.40. The molecule has 1 aliphatic rings. The first-order valence-electron chi connectivity index (χ1n) is 5.79. The van der Waals surface area contributed by atoms with Gasteiger partial charge in [-0.2, -0.15) is 0 Å². The zero-order valence-electron chi connectivity index (χ0n) is 9.53. The first-order valence-corrected chi connectivity index (χ1v) is 5.79. The molecule has 1 atom stereocenters. The molecule has 2 rings (SSSR count). The van der Waals surface area contributed by atoms with Crippen molar-refractivity contribution < 1.29 is 9.53 Å². The molecule has 0 aliphatic carbocycles. The van der Waals surface area contributed by atoms with E-state index < -0.39 is 0 Å². The average Bonchev–Trinajstić information content (AvgIpc) is 2.67. The molecule has 1 heterocycles. The highest BCUT2D eigenvalue weighted by molar-refractivity contribution is 5.78. The monoisotopic (exact) mass is 219 g/mol. The van der Waals surface area contributed by atoms with Gasteiger partial charge in [-0.3, -0.25) is 4.79 Å². The van der Waals surface area contributed by atoms with Gasteiger partial charge in [0.15, 0.2) is 0 Å². The van der Waals surface area contributed by atoms with Crippen LogP contribution in [0.15, 0.2) is 24.3 Å². The molecule has 1 aromatic rings. The van der Waals surface area contributed by atoms with E-state index in [-0.39, 0.29) is 5.91 Å². The van der Waals surface area contributed by atoms with Crippen LogP contribution >= 0.6 is 0 Å². The molecule has 1 fully saturated rings. The minimum absolute atomic E-state index is 0.177. The zero-order valence-corrected chi connectivity index (χ0v) is 9.53. The number of benzene rings is 1. The Hall–Kier alpha value is -1.51. The second-order valence-corrected chi connectivity index (χ2v) is 4.08. The molecule has 86 valence electrons. The van der Waals surface area contributed by atoms with Gasteiger partial charge in [0.25, 0.3) is 0 Å². The maximum atomic E-state index is 11.1. The van der Waals surface area contributed by atoms with Crippen molar-refractivity contribution in [3.05, 3.63) is 29.8 Å². The lowest BCUT2D eigenvalue weighted by atomic mass is 10.0. The van der Waals surface area contributed by atoms with Gasteiger partial charge in [0.05, 0.1) is 6.61 Å². The minimum Gasteiger partial charge on any atom is -0.494 e. The average molecular weight is 219 g/mol. The van der Waals surface area contributed by atoms with E-state index in [1.165, 1.54) is 5.56 Å². The quantitative estimate of drug-likeness (QED) is 0.840. The summed E-state index contributed by atoms with van der Waals surface area (Å²) in [6.45, 7) is 2.67. The maximum absolute atomic E-state index is 11.1. The van der Waals surface area contributed by atoms with Crippen molar-refractivity contribution in [1.82, 2.24) is 5.32 Å². The van der Waals surface area contributed by atoms with Crippen molar-refractivity contribution >= 4 is 5.91 Å². The fraction of sp³-hybridized carbons (Fsp3) is 0.462. The topological polar surface area (TPSA) is 38.3 Å². The number of ether oxygens (including phenoxy) is 1. The number of carbonyl (C=O) groups excluding carboxylic acids is 1. The third-order valence-electron chi connectivity index (χ3n) is 2.80. The Bertz CT molecular complexity index is 359. The normalized spacial score (nSPS) is 19.6. The summed E-state index contributed by atoms with van der Waals surface area (Å²) in [5.74, 6) is 1.08. The molecule has 1 N–H and O–H groups in total. The molecule has 0 bridgehead atoms. The summed E-state index contributed by atoms with van der Waals surface area (Å²) in [6.07, 6.45) is 2.53. The summed E-state index contributed by atoms with van der Waals surface area (Å²) in [5.41, 5.74) is 1.25. The van der Waals surface area contributed by atoms with Crippen molar-refractivity contribution in [1.29, 1.82) is 0 Å². The first kappa shape index (κ1) is 11.0. The van der Waals surface area contributed by atoms with Gasteiger partial charge in [-0.25, -0.2) is 0 Å². The van der Waals surface area contributed by atoms with Crippen molar-refractivity contribution in [3.63, 3.8) is 0 Å². The molecule has 0 saturated carbocycles.